The zero-order valence-corrected chi connectivity index (χ0v) is 12.8. The van der Waals surface area contributed by atoms with Crippen LogP contribution in [0.5, 0.6) is 5.75 Å². The van der Waals surface area contributed by atoms with Crippen molar-refractivity contribution in [2.45, 2.75) is 19.7 Å². The highest BCUT2D eigenvalue weighted by Crippen LogP contribution is 2.25. The van der Waals surface area contributed by atoms with Crippen LogP contribution >= 0.6 is 0 Å². The van der Waals surface area contributed by atoms with E-state index in [1.807, 2.05) is 0 Å². The number of rotatable bonds is 3. The zero-order chi connectivity index (χ0) is 17.0. The van der Waals surface area contributed by atoms with Gasteiger partial charge in [-0.05, 0) is 49.1 Å². The SMILES string of the molecule is CC1CCN(C(=O)Nc2ccc(OC(F)(F)F)cc2)CC1CN. The number of carbonyl (C=O) groups excluding carboxylic acids is 1. The van der Waals surface area contributed by atoms with E-state index in [9.17, 15) is 18.0 Å². The first kappa shape index (κ1) is 17.4. The van der Waals surface area contributed by atoms with E-state index >= 15 is 0 Å². The summed E-state index contributed by atoms with van der Waals surface area (Å²) < 4.78 is 40.0. The van der Waals surface area contributed by atoms with E-state index in [0.29, 0.717) is 31.2 Å². The number of piperidine rings is 1. The fraction of sp³-hybridized carbons (Fsp3) is 0.533. The quantitative estimate of drug-likeness (QED) is 0.894. The molecule has 2 atom stereocenters. The first-order valence-corrected chi connectivity index (χ1v) is 7.40. The van der Waals surface area contributed by atoms with Crippen LogP contribution in [-0.2, 0) is 0 Å². The number of nitrogens with zero attached hydrogens (tertiary/aromatic N) is 1. The van der Waals surface area contributed by atoms with Crippen LogP contribution < -0.4 is 15.8 Å². The second-order valence-electron chi connectivity index (χ2n) is 5.71. The molecule has 0 spiro atoms. The maximum atomic E-state index is 12.2. The molecule has 3 N–H and O–H groups in total. The van der Waals surface area contributed by atoms with Crippen molar-refractivity contribution >= 4 is 11.7 Å². The largest absolute Gasteiger partial charge is 0.573 e. The summed E-state index contributed by atoms with van der Waals surface area (Å²) in [7, 11) is 0. The molecule has 5 nitrogen and oxygen atoms in total. The highest BCUT2D eigenvalue weighted by atomic mass is 19.4. The van der Waals surface area contributed by atoms with Crippen molar-refractivity contribution in [2.75, 3.05) is 25.0 Å². The molecule has 1 aliphatic heterocycles. The van der Waals surface area contributed by atoms with Crippen LogP contribution in [0.15, 0.2) is 24.3 Å². The van der Waals surface area contributed by atoms with E-state index in [4.69, 9.17) is 5.73 Å². The minimum absolute atomic E-state index is 0.261. The number of benzene rings is 1. The van der Waals surface area contributed by atoms with Crippen LogP contribution in [0.4, 0.5) is 23.7 Å². The Bertz CT molecular complexity index is 534. The standard InChI is InChI=1S/C15H20F3N3O2/c1-10-6-7-21(9-11(10)8-19)14(22)20-12-2-4-13(5-3-12)23-15(16,17)18/h2-5,10-11H,6-9,19H2,1H3,(H,20,22). The van der Waals surface area contributed by atoms with Crippen LogP contribution in [-0.4, -0.2) is 36.9 Å². The predicted molar refractivity (Wildman–Crippen MR) is 80.0 cm³/mol. The lowest BCUT2D eigenvalue weighted by atomic mass is 9.87. The first-order chi connectivity index (χ1) is 10.8. The number of anilines is 1. The summed E-state index contributed by atoms with van der Waals surface area (Å²) in [5, 5.41) is 2.67. The van der Waals surface area contributed by atoms with Gasteiger partial charge in [-0.1, -0.05) is 6.92 Å². The van der Waals surface area contributed by atoms with Gasteiger partial charge in [0.15, 0.2) is 0 Å². The van der Waals surface area contributed by atoms with E-state index in [1.54, 1.807) is 4.90 Å². The van der Waals surface area contributed by atoms with Crippen LogP contribution in [0.3, 0.4) is 0 Å². The van der Waals surface area contributed by atoms with Gasteiger partial charge in [0.1, 0.15) is 5.75 Å². The van der Waals surface area contributed by atoms with Crippen LogP contribution in [0.2, 0.25) is 0 Å². The number of likely N-dealkylation sites (tertiary alicyclic amines) is 1. The van der Waals surface area contributed by atoms with Crippen molar-refractivity contribution in [1.29, 1.82) is 0 Å². The van der Waals surface area contributed by atoms with Gasteiger partial charge in [0.2, 0.25) is 0 Å². The van der Waals surface area contributed by atoms with Gasteiger partial charge in [0, 0.05) is 18.8 Å². The summed E-state index contributed by atoms with van der Waals surface area (Å²) in [4.78, 5) is 13.9. The molecule has 2 amide bonds. The van der Waals surface area contributed by atoms with E-state index in [0.717, 1.165) is 18.6 Å². The molecule has 0 radical (unpaired) electrons. The predicted octanol–water partition coefficient (Wildman–Crippen LogP) is 3.03. The molecule has 1 aromatic rings. The molecule has 0 bridgehead atoms. The molecular weight excluding hydrogens is 311 g/mol. The molecule has 1 aliphatic rings. The number of urea groups is 1. The van der Waals surface area contributed by atoms with Crippen molar-refractivity contribution in [3.8, 4) is 5.75 Å². The Hall–Kier alpha value is -1.96. The third-order valence-corrected chi connectivity index (χ3v) is 4.04. The molecule has 1 fully saturated rings. The molecule has 128 valence electrons. The van der Waals surface area contributed by atoms with Crippen LogP contribution in [0, 0.1) is 11.8 Å². The number of alkyl halides is 3. The lowest BCUT2D eigenvalue weighted by molar-refractivity contribution is -0.274. The highest BCUT2D eigenvalue weighted by molar-refractivity contribution is 5.89. The Morgan fingerprint density at radius 1 is 1.39 bits per heavy atom. The highest BCUT2D eigenvalue weighted by Gasteiger charge is 2.31. The molecular formula is C15H20F3N3O2. The maximum absolute atomic E-state index is 12.2. The normalized spacial score (nSPS) is 21.9. The van der Waals surface area contributed by atoms with Gasteiger partial charge >= 0.3 is 12.4 Å². The number of hydrogen-bond donors (Lipinski definition) is 2. The molecule has 1 aromatic carbocycles. The minimum Gasteiger partial charge on any atom is -0.406 e. The second-order valence-corrected chi connectivity index (χ2v) is 5.71. The van der Waals surface area contributed by atoms with Gasteiger partial charge < -0.3 is 20.7 Å². The molecule has 2 unspecified atom stereocenters. The summed E-state index contributed by atoms with van der Waals surface area (Å²) in [6, 6.07) is 4.77. The molecule has 1 saturated heterocycles. The number of ether oxygens (including phenoxy) is 1. The Kier molecular flexibility index (Phi) is 5.35. The number of nitrogens with one attached hydrogen (secondary N) is 1. The van der Waals surface area contributed by atoms with Crippen molar-refractivity contribution in [3.63, 3.8) is 0 Å². The van der Waals surface area contributed by atoms with Gasteiger partial charge in [-0.15, -0.1) is 13.2 Å². The summed E-state index contributed by atoms with van der Waals surface area (Å²) in [6.07, 6.45) is -3.85. The Balaban J connectivity index is 1.92. The lowest BCUT2D eigenvalue weighted by Crippen LogP contribution is -2.47. The van der Waals surface area contributed by atoms with E-state index in [1.165, 1.54) is 12.1 Å². The maximum Gasteiger partial charge on any atom is 0.573 e. The van der Waals surface area contributed by atoms with E-state index in [-0.39, 0.29) is 17.7 Å². The zero-order valence-electron chi connectivity index (χ0n) is 12.8. The van der Waals surface area contributed by atoms with Gasteiger partial charge in [0.25, 0.3) is 0 Å². The summed E-state index contributed by atoms with van der Waals surface area (Å²) in [6.45, 7) is 3.86. The Morgan fingerprint density at radius 2 is 2.04 bits per heavy atom. The number of carbonyl (C=O) groups is 1. The molecule has 0 saturated carbocycles. The average Bonchev–Trinajstić information content (AvgIpc) is 2.48. The number of amides is 2. The fourth-order valence-electron chi connectivity index (χ4n) is 2.58. The molecule has 2 rings (SSSR count). The van der Waals surface area contributed by atoms with Crippen molar-refractivity contribution < 1.29 is 22.7 Å². The number of hydrogen-bond acceptors (Lipinski definition) is 3. The summed E-state index contributed by atoms with van der Waals surface area (Å²) in [5.41, 5.74) is 6.12. The molecule has 23 heavy (non-hydrogen) atoms. The lowest BCUT2D eigenvalue weighted by Gasteiger charge is -2.36. The number of nitrogens with two attached hydrogens (primary N) is 1. The molecule has 0 aromatic heterocycles. The average molecular weight is 331 g/mol. The van der Waals surface area contributed by atoms with Crippen molar-refractivity contribution in [1.82, 2.24) is 4.90 Å². The topological polar surface area (TPSA) is 67.6 Å². The van der Waals surface area contributed by atoms with Crippen molar-refractivity contribution in [3.05, 3.63) is 24.3 Å². The van der Waals surface area contributed by atoms with Gasteiger partial charge in [-0.2, -0.15) is 0 Å². The monoisotopic (exact) mass is 331 g/mol. The van der Waals surface area contributed by atoms with E-state index < -0.39 is 6.36 Å². The first-order valence-electron chi connectivity index (χ1n) is 7.40. The Labute approximate surface area is 132 Å². The molecule has 0 aliphatic carbocycles. The smallest absolute Gasteiger partial charge is 0.406 e. The summed E-state index contributed by atoms with van der Waals surface area (Å²) in [5.74, 6) is 0.408. The molecule has 1 heterocycles. The van der Waals surface area contributed by atoms with E-state index in [2.05, 4.69) is 17.0 Å². The summed E-state index contributed by atoms with van der Waals surface area (Å²) >= 11 is 0. The third-order valence-electron chi connectivity index (χ3n) is 4.04. The van der Waals surface area contributed by atoms with Crippen LogP contribution in [0.1, 0.15) is 13.3 Å². The Morgan fingerprint density at radius 3 is 2.61 bits per heavy atom. The second kappa shape index (κ2) is 7.08. The van der Waals surface area contributed by atoms with Gasteiger partial charge in [-0.25, -0.2) is 4.79 Å². The fourth-order valence-corrected chi connectivity index (χ4v) is 2.58. The van der Waals surface area contributed by atoms with Gasteiger partial charge in [0.05, 0.1) is 0 Å². The van der Waals surface area contributed by atoms with Gasteiger partial charge in [-0.3, -0.25) is 0 Å². The van der Waals surface area contributed by atoms with Crippen LogP contribution in [0.25, 0.3) is 0 Å². The third kappa shape index (κ3) is 5.02. The van der Waals surface area contributed by atoms with Crippen molar-refractivity contribution in [2.24, 2.45) is 17.6 Å². The number of halogens is 3. The minimum atomic E-state index is -4.73. The molecule has 8 heteroatoms.